The molecule has 0 saturated heterocycles. The number of para-hydroxylation sites is 1. The van der Waals surface area contributed by atoms with Gasteiger partial charge in [-0.25, -0.2) is 0 Å². The van der Waals surface area contributed by atoms with Gasteiger partial charge in [-0.1, -0.05) is 30.3 Å². The average Bonchev–Trinajstić information content (AvgIpc) is 2.47. The number of ether oxygens (including phenoxy) is 2. The van der Waals surface area contributed by atoms with Gasteiger partial charge >= 0.3 is 0 Å². The smallest absolute Gasteiger partial charge is 0.150 e. The topological polar surface area (TPSA) is 38.7 Å². The van der Waals surface area contributed by atoms with Crippen LogP contribution in [0.25, 0.3) is 0 Å². The van der Waals surface area contributed by atoms with Gasteiger partial charge in [0.25, 0.3) is 0 Å². The van der Waals surface area contributed by atoms with Gasteiger partial charge in [0.2, 0.25) is 0 Å². The molecule has 3 heteroatoms. The first-order chi connectivity index (χ1) is 9.28. The predicted octanol–water partition coefficient (Wildman–Crippen LogP) is 2.73. The maximum atomic E-state index is 10.2. The van der Waals surface area contributed by atoms with E-state index in [4.69, 9.17) is 9.47 Å². The van der Waals surface area contributed by atoms with Crippen molar-refractivity contribution in [3.8, 4) is 11.5 Å². The van der Waals surface area contributed by atoms with Crippen LogP contribution in [0.4, 0.5) is 0 Å². The lowest BCUT2D eigenvalue weighted by atomic mass is 9.95. The number of rotatable bonds is 2. The quantitative estimate of drug-likeness (QED) is 0.898. The number of methoxy groups -OCH3 is 1. The first-order valence-electron chi connectivity index (χ1n) is 6.34. The molecule has 2 aromatic carbocycles. The zero-order valence-electron chi connectivity index (χ0n) is 10.7. The highest BCUT2D eigenvalue weighted by Gasteiger charge is 2.29. The average molecular weight is 256 g/mol. The van der Waals surface area contributed by atoms with Crippen LogP contribution in [-0.4, -0.2) is 18.3 Å². The Labute approximate surface area is 112 Å². The van der Waals surface area contributed by atoms with Crippen LogP contribution < -0.4 is 9.47 Å². The highest BCUT2D eigenvalue weighted by atomic mass is 16.5. The number of hydrogen-bond acceptors (Lipinski definition) is 3. The minimum absolute atomic E-state index is 0.319. The summed E-state index contributed by atoms with van der Waals surface area (Å²) < 4.78 is 11.0. The number of aliphatic hydroxyl groups excluding tert-OH is 1. The Morgan fingerprint density at radius 2 is 1.84 bits per heavy atom. The SMILES string of the molecule is COc1ccc(C2Oc3ccccc3CC2O)cc1. The molecule has 0 amide bonds. The van der Waals surface area contributed by atoms with Gasteiger partial charge in [0.05, 0.1) is 13.2 Å². The molecule has 2 aromatic rings. The van der Waals surface area contributed by atoms with Crippen LogP contribution in [0.2, 0.25) is 0 Å². The molecule has 0 aliphatic carbocycles. The van der Waals surface area contributed by atoms with E-state index in [-0.39, 0.29) is 6.10 Å². The Morgan fingerprint density at radius 1 is 1.11 bits per heavy atom. The van der Waals surface area contributed by atoms with E-state index in [1.807, 2.05) is 48.5 Å². The molecule has 0 fully saturated rings. The maximum Gasteiger partial charge on any atom is 0.150 e. The van der Waals surface area contributed by atoms with Gasteiger partial charge in [-0.3, -0.25) is 0 Å². The molecular formula is C16H16O3. The van der Waals surface area contributed by atoms with E-state index in [0.717, 1.165) is 22.6 Å². The number of fused-ring (bicyclic) bond motifs is 1. The summed E-state index contributed by atoms with van der Waals surface area (Å²) in [7, 11) is 1.64. The van der Waals surface area contributed by atoms with Crippen LogP contribution in [0.15, 0.2) is 48.5 Å². The molecule has 0 aromatic heterocycles. The lowest BCUT2D eigenvalue weighted by Crippen LogP contribution is -2.30. The normalized spacial score (nSPS) is 21.4. The van der Waals surface area contributed by atoms with Gasteiger partial charge in [0.1, 0.15) is 17.6 Å². The van der Waals surface area contributed by atoms with Gasteiger partial charge in [0, 0.05) is 6.42 Å². The number of benzene rings is 2. The van der Waals surface area contributed by atoms with E-state index in [2.05, 4.69) is 0 Å². The summed E-state index contributed by atoms with van der Waals surface area (Å²) in [5.41, 5.74) is 2.02. The summed E-state index contributed by atoms with van der Waals surface area (Å²) in [4.78, 5) is 0. The van der Waals surface area contributed by atoms with Crippen molar-refractivity contribution in [3.05, 3.63) is 59.7 Å². The second-order valence-electron chi connectivity index (χ2n) is 4.69. The number of aliphatic hydroxyl groups is 1. The Kier molecular flexibility index (Phi) is 3.13. The standard InChI is InChI=1S/C16H16O3/c1-18-13-8-6-11(7-9-13)16-14(17)10-12-4-2-3-5-15(12)19-16/h2-9,14,16-17H,10H2,1H3. The summed E-state index contributed by atoms with van der Waals surface area (Å²) in [6.07, 6.45) is -0.225. The van der Waals surface area contributed by atoms with Crippen molar-refractivity contribution in [2.45, 2.75) is 18.6 Å². The third-order valence-electron chi connectivity index (χ3n) is 3.45. The molecule has 3 nitrogen and oxygen atoms in total. The Hall–Kier alpha value is -2.00. The molecule has 2 atom stereocenters. The molecule has 2 unspecified atom stereocenters. The van der Waals surface area contributed by atoms with E-state index >= 15 is 0 Å². The first-order valence-corrected chi connectivity index (χ1v) is 6.34. The van der Waals surface area contributed by atoms with Crippen LogP contribution in [0.5, 0.6) is 11.5 Å². The Morgan fingerprint density at radius 3 is 2.58 bits per heavy atom. The predicted molar refractivity (Wildman–Crippen MR) is 72.5 cm³/mol. The zero-order valence-corrected chi connectivity index (χ0v) is 10.7. The lowest BCUT2D eigenvalue weighted by molar-refractivity contribution is 0.0208. The molecule has 3 rings (SSSR count). The minimum Gasteiger partial charge on any atom is -0.497 e. The summed E-state index contributed by atoms with van der Waals surface area (Å²) in [6.45, 7) is 0. The molecule has 1 heterocycles. The van der Waals surface area contributed by atoms with Crippen molar-refractivity contribution in [1.82, 2.24) is 0 Å². The van der Waals surface area contributed by atoms with E-state index in [1.54, 1.807) is 7.11 Å². The molecule has 19 heavy (non-hydrogen) atoms. The summed E-state index contributed by atoms with van der Waals surface area (Å²) in [6, 6.07) is 15.5. The van der Waals surface area contributed by atoms with Crippen molar-refractivity contribution in [2.75, 3.05) is 7.11 Å². The van der Waals surface area contributed by atoms with Crippen molar-refractivity contribution in [3.63, 3.8) is 0 Å². The molecule has 0 bridgehead atoms. The van der Waals surface area contributed by atoms with Crippen molar-refractivity contribution < 1.29 is 14.6 Å². The van der Waals surface area contributed by atoms with E-state index < -0.39 is 6.10 Å². The van der Waals surface area contributed by atoms with Gasteiger partial charge in [-0.2, -0.15) is 0 Å². The molecule has 1 N–H and O–H groups in total. The monoisotopic (exact) mass is 256 g/mol. The molecule has 0 spiro atoms. The van der Waals surface area contributed by atoms with Gasteiger partial charge in [0.15, 0.2) is 0 Å². The van der Waals surface area contributed by atoms with Crippen LogP contribution in [0.1, 0.15) is 17.2 Å². The lowest BCUT2D eigenvalue weighted by Gasteiger charge is -2.30. The Bertz CT molecular complexity index is 562. The van der Waals surface area contributed by atoms with Crippen molar-refractivity contribution >= 4 is 0 Å². The molecule has 0 saturated carbocycles. The third kappa shape index (κ3) is 2.29. The zero-order chi connectivity index (χ0) is 13.2. The molecular weight excluding hydrogens is 240 g/mol. The molecule has 1 aliphatic rings. The van der Waals surface area contributed by atoms with Gasteiger partial charge in [-0.15, -0.1) is 0 Å². The highest BCUT2D eigenvalue weighted by Crippen LogP contribution is 2.35. The second-order valence-corrected chi connectivity index (χ2v) is 4.69. The minimum atomic E-state index is -0.525. The third-order valence-corrected chi connectivity index (χ3v) is 3.45. The van der Waals surface area contributed by atoms with E-state index in [0.29, 0.717) is 6.42 Å². The van der Waals surface area contributed by atoms with Crippen LogP contribution in [-0.2, 0) is 6.42 Å². The van der Waals surface area contributed by atoms with Crippen molar-refractivity contribution in [1.29, 1.82) is 0 Å². The van der Waals surface area contributed by atoms with Crippen molar-refractivity contribution in [2.24, 2.45) is 0 Å². The van der Waals surface area contributed by atoms with Crippen LogP contribution in [0, 0.1) is 0 Å². The molecule has 1 aliphatic heterocycles. The van der Waals surface area contributed by atoms with Gasteiger partial charge < -0.3 is 14.6 Å². The summed E-state index contributed by atoms with van der Waals surface area (Å²) in [5.74, 6) is 1.66. The van der Waals surface area contributed by atoms with Crippen LogP contribution in [0.3, 0.4) is 0 Å². The largest absolute Gasteiger partial charge is 0.497 e. The molecule has 0 radical (unpaired) electrons. The fraction of sp³-hybridized carbons (Fsp3) is 0.250. The summed E-state index contributed by atoms with van der Waals surface area (Å²) >= 11 is 0. The fourth-order valence-corrected chi connectivity index (χ4v) is 2.42. The van der Waals surface area contributed by atoms with E-state index in [1.165, 1.54) is 0 Å². The first kappa shape index (κ1) is 12.1. The highest BCUT2D eigenvalue weighted by molar-refractivity contribution is 5.38. The number of hydrogen-bond donors (Lipinski definition) is 1. The van der Waals surface area contributed by atoms with E-state index in [9.17, 15) is 5.11 Å². The summed E-state index contributed by atoms with van der Waals surface area (Å²) in [5, 5.41) is 10.2. The van der Waals surface area contributed by atoms with Crippen LogP contribution >= 0.6 is 0 Å². The maximum absolute atomic E-state index is 10.2. The second kappa shape index (κ2) is 4.94. The fourth-order valence-electron chi connectivity index (χ4n) is 2.42. The van der Waals surface area contributed by atoms with Gasteiger partial charge in [-0.05, 0) is 29.3 Å². The molecule has 98 valence electrons. The Balaban J connectivity index is 1.89.